The summed E-state index contributed by atoms with van der Waals surface area (Å²) in [4.78, 5) is 1.95. The van der Waals surface area contributed by atoms with Gasteiger partial charge in [0.2, 0.25) is 0 Å². The van der Waals surface area contributed by atoms with Crippen LogP contribution in [0.15, 0.2) is 42.5 Å². The maximum absolute atomic E-state index is 13.2. The van der Waals surface area contributed by atoms with Gasteiger partial charge in [-0.15, -0.1) is 0 Å². The smallest absolute Gasteiger partial charge is 0.417 e. The van der Waals surface area contributed by atoms with Gasteiger partial charge in [0.1, 0.15) is 5.75 Å². The highest BCUT2D eigenvalue weighted by Crippen LogP contribution is 2.37. The number of alkyl halides is 4. The fourth-order valence-electron chi connectivity index (χ4n) is 3.41. The SMILES string of the molecule is N#Cc1ccc(N2CC[C@H](c3ccc(OCCCBr)cc3)C2)cc1C(F)(F)F. The highest BCUT2D eigenvalue weighted by molar-refractivity contribution is 9.09. The van der Waals surface area contributed by atoms with Crippen LogP contribution in [0.3, 0.4) is 0 Å². The van der Waals surface area contributed by atoms with E-state index in [1.54, 1.807) is 12.1 Å². The molecule has 3 rings (SSSR count). The molecule has 28 heavy (non-hydrogen) atoms. The number of rotatable bonds is 6. The number of nitrogens with zero attached hydrogens (tertiary/aromatic N) is 2. The van der Waals surface area contributed by atoms with Crippen molar-refractivity contribution in [3.8, 4) is 11.8 Å². The highest BCUT2D eigenvalue weighted by Gasteiger charge is 2.35. The third-order valence-electron chi connectivity index (χ3n) is 4.88. The van der Waals surface area contributed by atoms with Gasteiger partial charge in [0, 0.05) is 30.0 Å². The molecule has 3 nitrogen and oxygen atoms in total. The molecule has 1 aliphatic rings. The first-order valence-electron chi connectivity index (χ1n) is 9.07. The second-order valence-electron chi connectivity index (χ2n) is 6.73. The topological polar surface area (TPSA) is 36.3 Å². The Morgan fingerprint density at radius 3 is 2.57 bits per heavy atom. The Morgan fingerprint density at radius 1 is 1.18 bits per heavy atom. The Labute approximate surface area is 170 Å². The number of hydrogen-bond acceptors (Lipinski definition) is 3. The molecule has 1 saturated heterocycles. The van der Waals surface area contributed by atoms with E-state index in [-0.39, 0.29) is 11.5 Å². The fourth-order valence-corrected chi connectivity index (χ4v) is 3.64. The van der Waals surface area contributed by atoms with Gasteiger partial charge in [0.15, 0.2) is 0 Å². The Balaban J connectivity index is 1.69. The lowest BCUT2D eigenvalue weighted by molar-refractivity contribution is -0.137. The zero-order chi connectivity index (χ0) is 20.1. The van der Waals surface area contributed by atoms with E-state index < -0.39 is 11.7 Å². The quantitative estimate of drug-likeness (QED) is 0.414. The standard InChI is InChI=1S/C21H20BrF3N2O/c22-9-1-11-28-19-6-3-15(4-7-19)17-8-10-27(14-17)18-5-2-16(13-26)20(12-18)21(23,24)25/h2-7,12,17H,1,8-11,14H2/t17-/m0/s1. The van der Waals surface area contributed by atoms with E-state index in [1.165, 1.54) is 6.07 Å². The van der Waals surface area contributed by atoms with Crippen LogP contribution in [0.1, 0.15) is 35.4 Å². The van der Waals surface area contributed by atoms with Gasteiger partial charge < -0.3 is 9.64 Å². The van der Waals surface area contributed by atoms with Crippen LogP contribution in [0.5, 0.6) is 5.75 Å². The summed E-state index contributed by atoms with van der Waals surface area (Å²) >= 11 is 3.36. The molecule has 148 valence electrons. The first kappa shape index (κ1) is 20.5. The lowest BCUT2D eigenvalue weighted by Crippen LogP contribution is -2.20. The first-order chi connectivity index (χ1) is 13.4. The monoisotopic (exact) mass is 452 g/mol. The highest BCUT2D eigenvalue weighted by atomic mass is 79.9. The predicted octanol–water partition coefficient (Wildman–Crippen LogP) is 5.73. The van der Waals surface area contributed by atoms with Crippen molar-refractivity contribution in [2.75, 3.05) is 29.9 Å². The minimum absolute atomic E-state index is 0.251. The number of halogens is 4. The van der Waals surface area contributed by atoms with Gasteiger partial charge in [-0.3, -0.25) is 0 Å². The van der Waals surface area contributed by atoms with E-state index in [0.29, 0.717) is 25.4 Å². The molecule has 2 aromatic carbocycles. The molecule has 1 fully saturated rings. The lowest BCUT2D eigenvalue weighted by atomic mass is 9.98. The first-order valence-corrected chi connectivity index (χ1v) is 10.2. The largest absolute Gasteiger partial charge is 0.494 e. The van der Waals surface area contributed by atoms with Crippen LogP contribution in [0.25, 0.3) is 0 Å². The van der Waals surface area contributed by atoms with Crippen LogP contribution in [-0.2, 0) is 6.18 Å². The Bertz CT molecular complexity index is 846. The van der Waals surface area contributed by atoms with Gasteiger partial charge in [-0.25, -0.2) is 0 Å². The average molecular weight is 453 g/mol. The Hall–Kier alpha value is -2.20. The molecular formula is C21H20BrF3N2O. The second kappa shape index (κ2) is 8.87. The molecule has 0 N–H and O–H groups in total. The molecule has 1 atom stereocenters. The maximum atomic E-state index is 13.2. The van der Waals surface area contributed by atoms with E-state index in [9.17, 15) is 13.2 Å². The molecule has 0 unspecified atom stereocenters. The summed E-state index contributed by atoms with van der Waals surface area (Å²) in [5, 5.41) is 9.84. The summed E-state index contributed by atoms with van der Waals surface area (Å²) in [6.45, 7) is 1.98. The third kappa shape index (κ3) is 4.79. The summed E-state index contributed by atoms with van der Waals surface area (Å²) < 4.78 is 45.3. The number of benzene rings is 2. The molecule has 7 heteroatoms. The van der Waals surface area contributed by atoms with Gasteiger partial charge in [-0.05, 0) is 48.7 Å². The molecule has 1 heterocycles. The molecule has 0 bridgehead atoms. The molecular weight excluding hydrogens is 433 g/mol. The zero-order valence-electron chi connectivity index (χ0n) is 15.2. The number of anilines is 1. The summed E-state index contributed by atoms with van der Waals surface area (Å²) in [7, 11) is 0. The fraction of sp³-hybridized carbons (Fsp3) is 0.381. The van der Waals surface area contributed by atoms with Crippen LogP contribution in [0, 0.1) is 11.3 Å². The molecule has 2 aromatic rings. The van der Waals surface area contributed by atoms with Crippen molar-refractivity contribution in [3.05, 3.63) is 59.2 Å². The summed E-state index contributed by atoms with van der Waals surface area (Å²) in [6, 6.07) is 13.5. The Morgan fingerprint density at radius 2 is 1.93 bits per heavy atom. The number of ether oxygens (including phenoxy) is 1. The summed E-state index contributed by atoms with van der Waals surface area (Å²) in [6.07, 6.45) is -2.74. The number of nitriles is 1. The number of hydrogen-bond donors (Lipinski definition) is 0. The van der Waals surface area contributed by atoms with Crippen molar-refractivity contribution < 1.29 is 17.9 Å². The van der Waals surface area contributed by atoms with Gasteiger partial charge in [-0.2, -0.15) is 18.4 Å². The molecule has 0 radical (unpaired) electrons. The maximum Gasteiger partial charge on any atom is 0.417 e. The average Bonchev–Trinajstić information content (AvgIpc) is 3.18. The molecule has 0 aromatic heterocycles. The van der Waals surface area contributed by atoms with E-state index in [1.807, 2.05) is 29.2 Å². The molecule has 0 amide bonds. The van der Waals surface area contributed by atoms with Gasteiger partial charge >= 0.3 is 6.18 Å². The van der Waals surface area contributed by atoms with Crippen molar-refractivity contribution >= 4 is 21.6 Å². The van der Waals surface area contributed by atoms with Crippen LogP contribution >= 0.6 is 15.9 Å². The van der Waals surface area contributed by atoms with Crippen molar-refractivity contribution in [2.45, 2.75) is 24.9 Å². The van der Waals surface area contributed by atoms with Gasteiger partial charge in [0.05, 0.1) is 23.8 Å². The van der Waals surface area contributed by atoms with Crippen LogP contribution < -0.4 is 9.64 Å². The molecule has 0 spiro atoms. The normalized spacial score (nSPS) is 16.8. The van der Waals surface area contributed by atoms with Crippen molar-refractivity contribution in [1.82, 2.24) is 0 Å². The van der Waals surface area contributed by atoms with E-state index >= 15 is 0 Å². The van der Waals surface area contributed by atoms with Crippen molar-refractivity contribution in [2.24, 2.45) is 0 Å². The van der Waals surface area contributed by atoms with Crippen molar-refractivity contribution in [1.29, 1.82) is 5.26 Å². The Kier molecular flexibility index (Phi) is 6.50. The van der Waals surface area contributed by atoms with Crippen LogP contribution in [0.4, 0.5) is 18.9 Å². The van der Waals surface area contributed by atoms with E-state index in [0.717, 1.165) is 35.6 Å². The minimum atomic E-state index is -4.54. The van der Waals surface area contributed by atoms with E-state index in [2.05, 4.69) is 15.9 Å². The third-order valence-corrected chi connectivity index (χ3v) is 5.44. The lowest BCUT2D eigenvalue weighted by Gasteiger charge is -2.21. The molecule has 0 aliphatic carbocycles. The molecule has 1 aliphatic heterocycles. The van der Waals surface area contributed by atoms with Gasteiger partial charge in [0.25, 0.3) is 0 Å². The van der Waals surface area contributed by atoms with Crippen molar-refractivity contribution in [3.63, 3.8) is 0 Å². The summed E-state index contributed by atoms with van der Waals surface area (Å²) in [5.74, 6) is 1.07. The summed E-state index contributed by atoms with van der Waals surface area (Å²) in [5.41, 5.74) is 0.437. The van der Waals surface area contributed by atoms with Crippen LogP contribution in [-0.4, -0.2) is 25.0 Å². The van der Waals surface area contributed by atoms with Crippen LogP contribution in [0.2, 0.25) is 0 Å². The zero-order valence-corrected chi connectivity index (χ0v) is 16.8. The minimum Gasteiger partial charge on any atom is -0.494 e. The van der Waals surface area contributed by atoms with Gasteiger partial charge in [-0.1, -0.05) is 28.1 Å². The predicted molar refractivity (Wildman–Crippen MR) is 106 cm³/mol. The second-order valence-corrected chi connectivity index (χ2v) is 7.52. The van der Waals surface area contributed by atoms with E-state index in [4.69, 9.17) is 10.00 Å². The molecule has 0 saturated carbocycles.